The van der Waals surface area contributed by atoms with Gasteiger partial charge in [-0.05, 0) is 31.0 Å². The number of carbonyl (C=O) groups is 2. The summed E-state index contributed by atoms with van der Waals surface area (Å²) in [5, 5.41) is 14.2. The van der Waals surface area contributed by atoms with Crippen molar-refractivity contribution >= 4 is 17.7 Å². The van der Waals surface area contributed by atoms with Crippen LogP contribution in [0.5, 0.6) is 0 Å². The Morgan fingerprint density at radius 3 is 2.63 bits per heavy atom. The summed E-state index contributed by atoms with van der Waals surface area (Å²) in [5.74, 6) is 1.32. The van der Waals surface area contributed by atoms with Crippen molar-refractivity contribution in [2.24, 2.45) is 0 Å². The fourth-order valence-corrected chi connectivity index (χ4v) is 1.71. The molecular weight excluding hydrogens is 244 g/mol. The van der Waals surface area contributed by atoms with Gasteiger partial charge in [-0.15, -0.1) is 12.3 Å². The fraction of sp³-hybridized carbons (Fsp3) is 0.286. The van der Waals surface area contributed by atoms with Crippen LogP contribution in [0.25, 0.3) is 0 Å². The molecule has 0 aliphatic carbocycles. The average Bonchev–Trinajstić information content (AvgIpc) is 2.32. The third-order valence-electron chi connectivity index (χ3n) is 2.50. The molecule has 0 fully saturated rings. The Morgan fingerprint density at radius 2 is 2.05 bits per heavy atom. The maximum Gasteiger partial charge on any atom is 0.337 e. The zero-order chi connectivity index (χ0) is 14.4. The third-order valence-corrected chi connectivity index (χ3v) is 2.50. The van der Waals surface area contributed by atoms with Crippen LogP contribution in [0.15, 0.2) is 12.1 Å². The molecule has 3 N–H and O–H groups in total. The molecule has 0 atom stereocenters. The van der Waals surface area contributed by atoms with Gasteiger partial charge in [0.1, 0.15) is 0 Å². The monoisotopic (exact) mass is 260 g/mol. The van der Waals surface area contributed by atoms with Gasteiger partial charge in [0, 0.05) is 13.0 Å². The van der Waals surface area contributed by atoms with Gasteiger partial charge in [-0.1, -0.05) is 6.07 Å². The summed E-state index contributed by atoms with van der Waals surface area (Å²) in [4.78, 5) is 22.8. The largest absolute Gasteiger partial charge is 0.478 e. The number of aromatic carboxylic acids is 1. The lowest BCUT2D eigenvalue weighted by atomic mass is 10.0. The lowest BCUT2D eigenvalue weighted by Crippen LogP contribution is -2.30. The molecule has 0 radical (unpaired) electrons. The number of carbonyl (C=O) groups excluding carboxylic acids is 1. The van der Waals surface area contributed by atoms with Crippen LogP contribution in [0.3, 0.4) is 0 Å². The molecule has 0 saturated carbocycles. The highest BCUT2D eigenvalue weighted by molar-refractivity contribution is 6.01. The number of carboxylic acids is 1. The van der Waals surface area contributed by atoms with E-state index in [9.17, 15) is 9.59 Å². The number of hydrogen-bond acceptors (Lipinski definition) is 2. The number of rotatable bonds is 4. The van der Waals surface area contributed by atoms with Crippen LogP contribution in [-0.4, -0.2) is 23.7 Å². The van der Waals surface area contributed by atoms with Crippen LogP contribution in [0.1, 0.15) is 27.9 Å². The van der Waals surface area contributed by atoms with Gasteiger partial charge in [0.15, 0.2) is 0 Å². The first-order chi connectivity index (χ1) is 8.95. The van der Waals surface area contributed by atoms with Gasteiger partial charge in [0.25, 0.3) is 0 Å². The summed E-state index contributed by atoms with van der Waals surface area (Å²) in [5.41, 5.74) is 1.90. The first-order valence-corrected chi connectivity index (χ1v) is 5.78. The number of carboxylic acid groups (broad SMARTS) is 1. The minimum absolute atomic E-state index is 0.0737. The van der Waals surface area contributed by atoms with E-state index in [0.717, 1.165) is 5.56 Å². The summed E-state index contributed by atoms with van der Waals surface area (Å²) in [7, 11) is 0. The molecule has 0 aliphatic heterocycles. The number of hydrogen-bond donors (Lipinski definition) is 3. The number of benzene rings is 1. The van der Waals surface area contributed by atoms with Crippen LogP contribution >= 0.6 is 0 Å². The van der Waals surface area contributed by atoms with E-state index in [2.05, 4.69) is 16.6 Å². The fourth-order valence-electron chi connectivity index (χ4n) is 1.71. The summed E-state index contributed by atoms with van der Waals surface area (Å²) < 4.78 is 0. The highest BCUT2D eigenvalue weighted by atomic mass is 16.4. The quantitative estimate of drug-likeness (QED) is 0.573. The molecule has 1 aromatic rings. The molecule has 0 spiro atoms. The van der Waals surface area contributed by atoms with E-state index in [1.54, 1.807) is 13.8 Å². The van der Waals surface area contributed by atoms with Crippen LogP contribution in [-0.2, 0) is 0 Å². The van der Waals surface area contributed by atoms with Gasteiger partial charge < -0.3 is 15.7 Å². The van der Waals surface area contributed by atoms with E-state index < -0.39 is 12.0 Å². The van der Waals surface area contributed by atoms with Crippen molar-refractivity contribution in [3.63, 3.8) is 0 Å². The van der Waals surface area contributed by atoms with Gasteiger partial charge in [-0.3, -0.25) is 0 Å². The van der Waals surface area contributed by atoms with Crippen molar-refractivity contribution in [1.29, 1.82) is 0 Å². The normalized spacial score (nSPS) is 9.53. The second-order valence-corrected chi connectivity index (χ2v) is 4.14. The van der Waals surface area contributed by atoms with Gasteiger partial charge in [0.2, 0.25) is 0 Å². The second kappa shape index (κ2) is 6.45. The van der Waals surface area contributed by atoms with Gasteiger partial charge in [0.05, 0.1) is 11.3 Å². The van der Waals surface area contributed by atoms with Crippen molar-refractivity contribution in [3.8, 4) is 12.3 Å². The van der Waals surface area contributed by atoms with E-state index in [1.165, 1.54) is 6.07 Å². The molecule has 1 aromatic carbocycles. The number of anilines is 1. The van der Waals surface area contributed by atoms with Crippen molar-refractivity contribution in [2.45, 2.75) is 20.3 Å². The van der Waals surface area contributed by atoms with E-state index in [4.69, 9.17) is 11.5 Å². The maximum atomic E-state index is 11.6. The molecule has 1 rings (SSSR count). The zero-order valence-electron chi connectivity index (χ0n) is 10.9. The molecule has 5 heteroatoms. The summed E-state index contributed by atoms with van der Waals surface area (Å²) in [6, 6.07) is 2.86. The number of terminal acetylenes is 1. The minimum atomic E-state index is -1.08. The standard InChI is InChI=1S/C14H16N2O3/c1-4-5-6-15-14(19)16-12-10(3)7-9(2)8-11(12)13(17)18/h1,7-8H,5-6H2,2-3H3,(H,17,18)(H2,15,16,19). The topological polar surface area (TPSA) is 78.4 Å². The average molecular weight is 260 g/mol. The highest BCUT2D eigenvalue weighted by Gasteiger charge is 2.15. The molecule has 0 unspecified atom stereocenters. The van der Waals surface area contributed by atoms with Crippen molar-refractivity contribution < 1.29 is 14.7 Å². The molecule has 0 bridgehead atoms. The van der Waals surface area contributed by atoms with E-state index in [0.29, 0.717) is 24.2 Å². The highest BCUT2D eigenvalue weighted by Crippen LogP contribution is 2.22. The van der Waals surface area contributed by atoms with E-state index in [-0.39, 0.29) is 5.56 Å². The third kappa shape index (κ3) is 4.03. The lowest BCUT2D eigenvalue weighted by Gasteiger charge is -2.13. The van der Waals surface area contributed by atoms with Crippen LogP contribution in [0, 0.1) is 26.2 Å². The van der Waals surface area contributed by atoms with Gasteiger partial charge in [-0.2, -0.15) is 0 Å². The molecule has 100 valence electrons. The molecule has 0 saturated heterocycles. The Balaban J connectivity index is 2.91. The van der Waals surface area contributed by atoms with E-state index >= 15 is 0 Å². The predicted octanol–water partition coefficient (Wildman–Crippen LogP) is 2.15. The molecule has 0 heterocycles. The van der Waals surface area contributed by atoms with Crippen LogP contribution in [0.4, 0.5) is 10.5 Å². The smallest absolute Gasteiger partial charge is 0.337 e. The SMILES string of the molecule is C#CCCNC(=O)Nc1c(C)cc(C)cc1C(=O)O. The summed E-state index contributed by atoms with van der Waals surface area (Å²) in [6.07, 6.45) is 5.50. The lowest BCUT2D eigenvalue weighted by molar-refractivity contribution is 0.0698. The molecule has 19 heavy (non-hydrogen) atoms. The summed E-state index contributed by atoms with van der Waals surface area (Å²) in [6.45, 7) is 3.89. The Bertz CT molecular complexity index is 544. The van der Waals surface area contributed by atoms with Crippen LogP contribution < -0.4 is 10.6 Å². The number of urea groups is 1. The summed E-state index contributed by atoms with van der Waals surface area (Å²) >= 11 is 0. The first kappa shape index (κ1) is 14.6. The zero-order valence-corrected chi connectivity index (χ0v) is 10.9. The maximum absolute atomic E-state index is 11.6. The molecular formula is C14H16N2O3. The van der Waals surface area contributed by atoms with Crippen molar-refractivity contribution in [1.82, 2.24) is 5.32 Å². The predicted molar refractivity (Wildman–Crippen MR) is 73.3 cm³/mol. The molecule has 0 aliphatic rings. The molecule has 0 aromatic heterocycles. The van der Waals surface area contributed by atoms with Crippen molar-refractivity contribution in [2.75, 3.05) is 11.9 Å². The Hall–Kier alpha value is -2.48. The van der Waals surface area contributed by atoms with Crippen molar-refractivity contribution in [3.05, 3.63) is 28.8 Å². The Morgan fingerprint density at radius 1 is 1.37 bits per heavy atom. The first-order valence-electron chi connectivity index (χ1n) is 5.78. The molecule has 2 amide bonds. The number of aryl methyl sites for hydroxylation is 2. The Labute approximate surface area is 112 Å². The van der Waals surface area contributed by atoms with Crippen LogP contribution in [0.2, 0.25) is 0 Å². The van der Waals surface area contributed by atoms with E-state index in [1.807, 2.05) is 6.07 Å². The number of nitrogens with one attached hydrogen (secondary N) is 2. The van der Waals surface area contributed by atoms with Gasteiger partial charge in [-0.25, -0.2) is 9.59 Å². The van der Waals surface area contributed by atoms with Gasteiger partial charge >= 0.3 is 12.0 Å². The number of amides is 2. The molecule has 5 nitrogen and oxygen atoms in total. The minimum Gasteiger partial charge on any atom is -0.478 e. The Kier molecular flexibility index (Phi) is 4.95. The second-order valence-electron chi connectivity index (χ2n) is 4.14.